The van der Waals surface area contributed by atoms with Gasteiger partial charge >= 0.3 is 5.97 Å². The van der Waals surface area contributed by atoms with Crippen LogP contribution in [-0.4, -0.2) is 60.4 Å². The van der Waals surface area contributed by atoms with Crippen LogP contribution in [0.25, 0.3) is 0 Å². The van der Waals surface area contributed by atoms with Crippen molar-refractivity contribution in [1.82, 2.24) is 4.90 Å². The van der Waals surface area contributed by atoms with Gasteiger partial charge in [0.2, 0.25) is 0 Å². The fraction of sp³-hybridized carbons (Fsp3) is 0.667. The average Bonchev–Trinajstić information content (AvgIpc) is 2.69. The number of nitrogens with zero attached hydrogens (tertiary/aromatic N) is 2. The number of halogens is 2. The minimum absolute atomic E-state index is 0. The molecule has 0 aliphatic carbocycles. The maximum absolute atomic E-state index is 12.8. The number of ether oxygens (including phenoxy) is 1. The summed E-state index contributed by atoms with van der Waals surface area (Å²) >= 11 is 0. The molecule has 0 aromatic heterocycles. The Hall–Kier alpha value is -1.01. The van der Waals surface area contributed by atoms with Gasteiger partial charge in [-0.25, -0.2) is 4.79 Å². The molecule has 4 fully saturated rings. The summed E-state index contributed by atoms with van der Waals surface area (Å²) in [6.45, 7) is 6.36. The first kappa shape index (κ1) is 23.3. The molecule has 158 valence electrons. The van der Waals surface area contributed by atoms with E-state index >= 15 is 0 Å². The van der Waals surface area contributed by atoms with Crippen molar-refractivity contribution in [2.24, 2.45) is 11.8 Å². The Morgan fingerprint density at radius 2 is 1.75 bits per heavy atom. The number of esters is 1. The molecule has 4 aliphatic heterocycles. The van der Waals surface area contributed by atoms with Crippen molar-refractivity contribution in [3.63, 3.8) is 0 Å². The van der Waals surface area contributed by atoms with Crippen LogP contribution >= 0.6 is 24.8 Å². The molecule has 0 saturated carbocycles. The highest BCUT2D eigenvalue weighted by Crippen LogP contribution is 2.34. The number of carbonyl (C=O) groups is 1. The number of para-hydroxylation sites is 1. The topological polar surface area (TPSA) is 53.0 Å². The second kappa shape index (κ2) is 9.66. The van der Waals surface area contributed by atoms with Crippen molar-refractivity contribution < 1.29 is 14.6 Å². The predicted octanol–water partition coefficient (Wildman–Crippen LogP) is 3.14. The zero-order chi connectivity index (χ0) is 18.1. The van der Waals surface area contributed by atoms with Crippen LogP contribution in [-0.2, 0) is 9.53 Å². The van der Waals surface area contributed by atoms with Crippen LogP contribution in [0.1, 0.15) is 32.6 Å². The van der Waals surface area contributed by atoms with Gasteiger partial charge in [-0.3, -0.25) is 4.90 Å². The van der Waals surface area contributed by atoms with Gasteiger partial charge in [0.15, 0.2) is 5.60 Å². The SMILES string of the molecule is CC(O)(C(=O)OC1CN2CCC1CC2)C1CCCN(c2ccccc2)C1.Cl.Cl. The maximum atomic E-state index is 12.8. The standard InChI is InChI=1S/C21H30N2O3.2ClH/c1-21(25,20(24)26-19-15-22-12-9-16(19)10-13-22)17-6-5-11-23(14-17)18-7-3-2-4-8-18;;/h2-4,7-8,16-17,19,25H,5-6,9-15H2,1H3;2*1H. The molecule has 4 heterocycles. The van der Waals surface area contributed by atoms with Gasteiger partial charge in [0.1, 0.15) is 6.10 Å². The van der Waals surface area contributed by atoms with Gasteiger partial charge in [-0.05, 0) is 63.7 Å². The number of hydrogen-bond acceptors (Lipinski definition) is 5. The summed E-state index contributed by atoms with van der Waals surface area (Å²) in [7, 11) is 0. The number of anilines is 1. The Morgan fingerprint density at radius 3 is 2.36 bits per heavy atom. The lowest BCUT2D eigenvalue weighted by Crippen LogP contribution is -2.56. The third-order valence-corrected chi connectivity index (χ3v) is 6.61. The van der Waals surface area contributed by atoms with E-state index in [-0.39, 0.29) is 36.8 Å². The molecule has 0 amide bonds. The smallest absolute Gasteiger partial charge is 0.338 e. The molecule has 3 unspecified atom stereocenters. The van der Waals surface area contributed by atoms with Crippen molar-refractivity contribution in [3.8, 4) is 0 Å². The second-order valence-electron chi connectivity index (χ2n) is 8.35. The van der Waals surface area contributed by atoms with Crippen LogP contribution in [0.2, 0.25) is 0 Å². The van der Waals surface area contributed by atoms with Crippen molar-refractivity contribution in [1.29, 1.82) is 0 Å². The minimum Gasteiger partial charge on any atom is -0.459 e. The molecular weight excluding hydrogens is 399 g/mol. The predicted molar refractivity (Wildman–Crippen MR) is 116 cm³/mol. The first-order valence-corrected chi connectivity index (χ1v) is 10.00. The Labute approximate surface area is 180 Å². The van der Waals surface area contributed by atoms with Gasteiger partial charge in [0.05, 0.1) is 0 Å². The van der Waals surface area contributed by atoms with Gasteiger partial charge in [-0.1, -0.05) is 18.2 Å². The third kappa shape index (κ3) is 4.76. The van der Waals surface area contributed by atoms with Crippen molar-refractivity contribution in [2.75, 3.05) is 37.6 Å². The van der Waals surface area contributed by atoms with E-state index in [2.05, 4.69) is 21.9 Å². The highest BCUT2D eigenvalue weighted by molar-refractivity contribution is 5.85. The minimum atomic E-state index is -1.43. The monoisotopic (exact) mass is 430 g/mol. The van der Waals surface area contributed by atoms with Crippen molar-refractivity contribution in [3.05, 3.63) is 30.3 Å². The van der Waals surface area contributed by atoms with E-state index in [0.717, 1.165) is 57.5 Å². The number of piperidine rings is 4. The van der Waals surface area contributed by atoms with Crippen LogP contribution in [0.15, 0.2) is 30.3 Å². The number of hydrogen-bond donors (Lipinski definition) is 1. The highest BCUT2D eigenvalue weighted by atomic mass is 35.5. The molecule has 5 nitrogen and oxygen atoms in total. The molecular formula is C21H32Cl2N2O3. The number of fused-ring (bicyclic) bond motifs is 3. The summed E-state index contributed by atoms with van der Waals surface area (Å²) in [6.07, 6.45) is 3.98. The average molecular weight is 431 g/mol. The maximum Gasteiger partial charge on any atom is 0.338 e. The lowest BCUT2D eigenvalue weighted by atomic mass is 9.82. The molecule has 4 aliphatic rings. The molecule has 1 aromatic rings. The molecule has 1 N–H and O–H groups in total. The Morgan fingerprint density at radius 1 is 1.07 bits per heavy atom. The fourth-order valence-electron chi connectivity index (χ4n) is 4.78. The van der Waals surface area contributed by atoms with Crippen LogP contribution in [0, 0.1) is 11.8 Å². The Balaban J connectivity index is 0.00000140. The summed E-state index contributed by atoms with van der Waals surface area (Å²) in [5.41, 5.74) is -0.279. The quantitative estimate of drug-likeness (QED) is 0.743. The van der Waals surface area contributed by atoms with E-state index in [9.17, 15) is 9.90 Å². The number of carbonyl (C=O) groups excluding carboxylic acids is 1. The van der Waals surface area contributed by atoms with Crippen LogP contribution in [0.5, 0.6) is 0 Å². The Kier molecular flexibility index (Phi) is 8.03. The molecule has 2 bridgehead atoms. The summed E-state index contributed by atoms with van der Waals surface area (Å²) < 4.78 is 5.84. The summed E-state index contributed by atoms with van der Waals surface area (Å²) in [6, 6.07) is 10.2. The lowest BCUT2D eigenvalue weighted by molar-refractivity contribution is -0.184. The number of benzene rings is 1. The van der Waals surface area contributed by atoms with Gasteiger partial charge in [-0.15, -0.1) is 24.8 Å². The normalized spacial score (nSPS) is 31.1. The van der Waals surface area contributed by atoms with Crippen LogP contribution in [0.3, 0.4) is 0 Å². The lowest BCUT2D eigenvalue weighted by Gasteiger charge is -2.45. The first-order chi connectivity index (χ1) is 12.5. The van der Waals surface area contributed by atoms with Gasteiger partial charge in [0, 0.05) is 31.2 Å². The molecule has 7 heteroatoms. The first-order valence-electron chi connectivity index (χ1n) is 10.00. The van der Waals surface area contributed by atoms with E-state index in [4.69, 9.17) is 4.74 Å². The molecule has 1 aromatic carbocycles. The van der Waals surface area contributed by atoms with E-state index in [1.165, 1.54) is 0 Å². The second-order valence-corrected chi connectivity index (χ2v) is 8.35. The Bertz CT molecular complexity index is 636. The van der Waals surface area contributed by atoms with E-state index in [1.807, 2.05) is 18.2 Å². The summed E-state index contributed by atoms with van der Waals surface area (Å²) in [5, 5.41) is 11.1. The van der Waals surface area contributed by atoms with Gasteiger partial charge < -0.3 is 14.7 Å². The number of aliphatic hydroxyl groups is 1. The highest BCUT2D eigenvalue weighted by Gasteiger charge is 2.45. The van der Waals surface area contributed by atoms with Crippen LogP contribution < -0.4 is 4.90 Å². The van der Waals surface area contributed by atoms with Crippen molar-refractivity contribution >= 4 is 36.5 Å². The van der Waals surface area contributed by atoms with Gasteiger partial charge in [0.25, 0.3) is 0 Å². The largest absolute Gasteiger partial charge is 0.459 e. The number of rotatable bonds is 4. The van der Waals surface area contributed by atoms with E-state index in [0.29, 0.717) is 12.5 Å². The van der Waals surface area contributed by atoms with Crippen LogP contribution in [0.4, 0.5) is 5.69 Å². The molecule has 28 heavy (non-hydrogen) atoms. The van der Waals surface area contributed by atoms with Gasteiger partial charge in [-0.2, -0.15) is 0 Å². The molecule has 5 rings (SSSR count). The summed E-state index contributed by atoms with van der Waals surface area (Å²) in [4.78, 5) is 17.5. The fourth-order valence-corrected chi connectivity index (χ4v) is 4.78. The summed E-state index contributed by atoms with van der Waals surface area (Å²) in [5.74, 6) is -0.0758. The van der Waals surface area contributed by atoms with Crippen molar-refractivity contribution in [2.45, 2.75) is 44.3 Å². The molecule has 3 atom stereocenters. The zero-order valence-electron chi connectivity index (χ0n) is 16.5. The molecule has 0 spiro atoms. The van der Waals surface area contributed by atoms with E-state index < -0.39 is 11.6 Å². The zero-order valence-corrected chi connectivity index (χ0v) is 18.1. The molecule has 0 radical (unpaired) electrons. The van der Waals surface area contributed by atoms with E-state index in [1.54, 1.807) is 6.92 Å². The third-order valence-electron chi connectivity index (χ3n) is 6.61. The molecule has 4 saturated heterocycles.